The van der Waals surface area contributed by atoms with Gasteiger partial charge in [-0.15, -0.1) is 11.6 Å². The molecule has 6 heteroatoms. The topological polar surface area (TPSA) is 55.4 Å². The van der Waals surface area contributed by atoms with Crippen molar-refractivity contribution in [3.63, 3.8) is 0 Å². The number of rotatable bonds is 7. The normalized spacial score (nSPS) is 11.8. The molecular weight excluding hydrogens is 286 g/mol. The van der Waals surface area contributed by atoms with Gasteiger partial charge in [0.25, 0.3) is 0 Å². The molecule has 0 fully saturated rings. The number of benzene rings is 1. The number of sulfonamides is 1. The second-order valence-electron chi connectivity index (χ2n) is 4.53. The summed E-state index contributed by atoms with van der Waals surface area (Å²) in [6.07, 6.45) is 0.886. The predicted molar refractivity (Wildman–Crippen MR) is 77.2 cm³/mol. The van der Waals surface area contributed by atoms with Crippen LogP contribution in [-0.4, -0.2) is 21.1 Å². The largest absolute Gasteiger partial charge is 0.493 e. The van der Waals surface area contributed by atoms with Crippen LogP contribution in [0.25, 0.3) is 0 Å². The second-order valence-corrected chi connectivity index (χ2v) is 6.51. The molecule has 0 aromatic heterocycles. The summed E-state index contributed by atoms with van der Waals surface area (Å²) in [5.74, 6) is 0.852. The van der Waals surface area contributed by atoms with Gasteiger partial charge >= 0.3 is 0 Å². The third kappa shape index (κ3) is 4.67. The molecule has 0 saturated carbocycles. The summed E-state index contributed by atoms with van der Waals surface area (Å²) in [5, 5.41) is 0. The van der Waals surface area contributed by atoms with Crippen molar-refractivity contribution in [1.29, 1.82) is 0 Å². The van der Waals surface area contributed by atoms with Crippen LogP contribution in [0.2, 0.25) is 0 Å². The first kappa shape index (κ1) is 16.3. The van der Waals surface area contributed by atoms with Crippen LogP contribution in [0.15, 0.2) is 23.1 Å². The monoisotopic (exact) mass is 305 g/mol. The van der Waals surface area contributed by atoms with E-state index in [4.69, 9.17) is 16.3 Å². The molecule has 0 heterocycles. The van der Waals surface area contributed by atoms with Crippen molar-refractivity contribution in [2.75, 3.05) is 6.61 Å². The van der Waals surface area contributed by atoms with E-state index >= 15 is 0 Å². The highest BCUT2D eigenvalue weighted by Crippen LogP contribution is 2.24. The molecular formula is C13H20ClNO3S. The Hall–Kier alpha value is -0.780. The Morgan fingerprint density at radius 1 is 1.37 bits per heavy atom. The van der Waals surface area contributed by atoms with Gasteiger partial charge in [-0.2, -0.15) is 0 Å². The fourth-order valence-electron chi connectivity index (χ4n) is 1.56. The van der Waals surface area contributed by atoms with Gasteiger partial charge in [0.15, 0.2) is 0 Å². The molecule has 19 heavy (non-hydrogen) atoms. The quantitative estimate of drug-likeness (QED) is 0.788. The molecule has 0 unspecified atom stereocenters. The Bertz CT molecular complexity index is 515. The van der Waals surface area contributed by atoms with E-state index in [9.17, 15) is 8.42 Å². The van der Waals surface area contributed by atoms with Crippen LogP contribution < -0.4 is 9.46 Å². The lowest BCUT2D eigenvalue weighted by Gasteiger charge is -2.13. The van der Waals surface area contributed by atoms with E-state index < -0.39 is 10.0 Å². The minimum atomic E-state index is -3.49. The Labute approximate surface area is 120 Å². The molecule has 0 aliphatic carbocycles. The Balaban J connectivity index is 3.06. The average Bonchev–Trinajstić information content (AvgIpc) is 2.34. The Kier molecular flexibility index (Phi) is 6.10. The van der Waals surface area contributed by atoms with Gasteiger partial charge in [0.05, 0.1) is 17.4 Å². The van der Waals surface area contributed by atoms with E-state index in [2.05, 4.69) is 4.72 Å². The zero-order valence-corrected chi connectivity index (χ0v) is 13.0. The molecule has 1 aromatic rings. The maximum atomic E-state index is 12.0. The van der Waals surface area contributed by atoms with Gasteiger partial charge in [-0.25, -0.2) is 13.1 Å². The lowest BCUT2D eigenvalue weighted by Crippen LogP contribution is -2.30. The molecule has 1 aromatic carbocycles. The van der Waals surface area contributed by atoms with Crippen LogP contribution in [0.1, 0.15) is 32.8 Å². The number of halogens is 1. The summed E-state index contributed by atoms with van der Waals surface area (Å²) in [6, 6.07) is 4.59. The van der Waals surface area contributed by atoms with E-state index in [1.165, 1.54) is 6.07 Å². The van der Waals surface area contributed by atoms with E-state index in [1.54, 1.807) is 26.0 Å². The second kappa shape index (κ2) is 7.12. The van der Waals surface area contributed by atoms with Crippen LogP contribution in [0.3, 0.4) is 0 Å². The van der Waals surface area contributed by atoms with E-state index in [1.807, 2.05) is 6.92 Å². The zero-order valence-electron chi connectivity index (χ0n) is 11.4. The predicted octanol–water partition coefficient (Wildman–Crippen LogP) is 2.90. The summed E-state index contributed by atoms with van der Waals surface area (Å²) in [5.41, 5.74) is 0.682. The van der Waals surface area contributed by atoms with Crippen molar-refractivity contribution in [2.45, 2.75) is 44.0 Å². The molecule has 0 spiro atoms. The molecule has 0 radical (unpaired) electrons. The van der Waals surface area contributed by atoms with Gasteiger partial charge in [0.2, 0.25) is 10.0 Å². The van der Waals surface area contributed by atoms with E-state index in [-0.39, 0.29) is 16.8 Å². The van der Waals surface area contributed by atoms with Crippen molar-refractivity contribution in [3.8, 4) is 5.75 Å². The summed E-state index contributed by atoms with van der Waals surface area (Å²) in [7, 11) is -3.49. The molecule has 1 N–H and O–H groups in total. The summed E-state index contributed by atoms with van der Waals surface area (Å²) in [4.78, 5) is 0.209. The Morgan fingerprint density at radius 2 is 2.05 bits per heavy atom. The SMILES string of the molecule is CCCOc1ccc(S(=O)(=O)NC(C)C)cc1CCl. The van der Waals surface area contributed by atoms with Gasteiger partial charge in [-0.3, -0.25) is 0 Å². The highest BCUT2D eigenvalue weighted by Gasteiger charge is 2.17. The van der Waals surface area contributed by atoms with Crippen molar-refractivity contribution >= 4 is 21.6 Å². The smallest absolute Gasteiger partial charge is 0.240 e. The van der Waals surface area contributed by atoms with Crippen molar-refractivity contribution in [1.82, 2.24) is 4.72 Å². The minimum Gasteiger partial charge on any atom is -0.493 e. The highest BCUT2D eigenvalue weighted by molar-refractivity contribution is 7.89. The zero-order chi connectivity index (χ0) is 14.5. The first-order chi connectivity index (χ1) is 8.90. The molecule has 0 aliphatic heterocycles. The summed E-state index contributed by atoms with van der Waals surface area (Å²) >= 11 is 5.84. The average molecular weight is 306 g/mol. The van der Waals surface area contributed by atoms with Gasteiger partial charge in [0, 0.05) is 11.6 Å². The number of hydrogen-bond acceptors (Lipinski definition) is 3. The molecule has 0 bridgehead atoms. The first-order valence-electron chi connectivity index (χ1n) is 6.24. The van der Waals surface area contributed by atoms with Gasteiger partial charge in [0.1, 0.15) is 5.75 Å². The van der Waals surface area contributed by atoms with Crippen molar-refractivity contribution in [3.05, 3.63) is 23.8 Å². The Morgan fingerprint density at radius 3 is 2.58 bits per heavy atom. The maximum absolute atomic E-state index is 12.0. The fourth-order valence-corrected chi connectivity index (χ4v) is 3.07. The molecule has 0 aliphatic rings. The van der Waals surface area contributed by atoms with Gasteiger partial charge in [-0.05, 0) is 38.5 Å². The number of alkyl halides is 1. The number of ether oxygens (including phenoxy) is 1. The first-order valence-corrected chi connectivity index (χ1v) is 8.26. The minimum absolute atomic E-state index is 0.152. The maximum Gasteiger partial charge on any atom is 0.240 e. The molecule has 108 valence electrons. The fraction of sp³-hybridized carbons (Fsp3) is 0.538. The molecule has 0 saturated heterocycles. The molecule has 1 rings (SSSR count). The number of nitrogens with one attached hydrogen (secondary N) is 1. The lowest BCUT2D eigenvalue weighted by molar-refractivity contribution is 0.315. The van der Waals surface area contributed by atoms with Crippen LogP contribution in [0.5, 0.6) is 5.75 Å². The molecule has 0 atom stereocenters. The lowest BCUT2D eigenvalue weighted by atomic mass is 10.2. The van der Waals surface area contributed by atoms with Crippen LogP contribution in [0, 0.1) is 0 Å². The van der Waals surface area contributed by atoms with Gasteiger partial charge in [-0.1, -0.05) is 6.92 Å². The molecule has 4 nitrogen and oxygen atoms in total. The van der Waals surface area contributed by atoms with Crippen LogP contribution in [0.4, 0.5) is 0 Å². The summed E-state index contributed by atoms with van der Waals surface area (Å²) in [6.45, 7) is 6.14. The van der Waals surface area contributed by atoms with Gasteiger partial charge < -0.3 is 4.74 Å². The van der Waals surface area contributed by atoms with Crippen molar-refractivity contribution < 1.29 is 13.2 Å². The van der Waals surface area contributed by atoms with Crippen LogP contribution in [-0.2, 0) is 15.9 Å². The molecule has 0 amide bonds. The third-order valence-corrected chi connectivity index (χ3v) is 4.28. The van der Waals surface area contributed by atoms with E-state index in [0.29, 0.717) is 17.9 Å². The highest BCUT2D eigenvalue weighted by atomic mass is 35.5. The number of hydrogen-bond donors (Lipinski definition) is 1. The third-order valence-electron chi connectivity index (χ3n) is 2.34. The standard InChI is InChI=1S/C13H20ClNO3S/c1-4-7-18-13-6-5-12(8-11(13)9-14)19(16,17)15-10(2)3/h5-6,8,10,15H,4,7,9H2,1-3H3. The van der Waals surface area contributed by atoms with Crippen LogP contribution >= 0.6 is 11.6 Å². The van der Waals surface area contributed by atoms with Crippen molar-refractivity contribution in [2.24, 2.45) is 0 Å². The summed E-state index contributed by atoms with van der Waals surface area (Å²) < 4.78 is 32.1. The van der Waals surface area contributed by atoms with E-state index in [0.717, 1.165) is 6.42 Å².